The lowest BCUT2D eigenvalue weighted by molar-refractivity contribution is 0.311. The molecule has 5 rings (SSSR count). The van der Waals surface area contributed by atoms with Crippen molar-refractivity contribution in [2.45, 2.75) is 13.3 Å². The molecule has 0 saturated heterocycles. The summed E-state index contributed by atoms with van der Waals surface area (Å²) in [5, 5.41) is 13.5. The molecule has 2 N–H and O–H groups in total. The molecule has 4 aromatic rings. The Balaban J connectivity index is 1.75. The van der Waals surface area contributed by atoms with Crippen LogP contribution >= 0.6 is 0 Å². The molecule has 0 unspecified atom stereocenters. The first-order chi connectivity index (χ1) is 14.2. The zero-order valence-corrected chi connectivity index (χ0v) is 16.1. The lowest BCUT2D eigenvalue weighted by atomic mass is 10.1. The Hall–Kier alpha value is -3.38. The summed E-state index contributed by atoms with van der Waals surface area (Å²) in [6.45, 7) is 2.98. The number of hydrogen-bond acceptors (Lipinski definition) is 6. The third-order valence-corrected chi connectivity index (χ3v) is 5.08. The second-order valence-electron chi connectivity index (χ2n) is 7.09. The summed E-state index contributed by atoms with van der Waals surface area (Å²) < 4.78 is 12.2. The Kier molecular flexibility index (Phi) is 4.41. The number of ether oxygens (including phenoxy) is 1. The Bertz CT molecular complexity index is 1180. The van der Waals surface area contributed by atoms with Gasteiger partial charge in [0.05, 0.1) is 18.6 Å². The van der Waals surface area contributed by atoms with E-state index in [1.165, 1.54) is 5.56 Å². The Morgan fingerprint density at radius 1 is 1.07 bits per heavy atom. The molecule has 3 heterocycles. The van der Waals surface area contributed by atoms with Crippen LogP contribution in [0.2, 0.25) is 0 Å². The number of para-hydroxylation sites is 1. The van der Waals surface area contributed by atoms with E-state index in [1.54, 1.807) is 0 Å². The van der Waals surface area contributed by atoms with Crippen molar-refractivity contribution in [3.05, 3.63) is 59.7 Å². The van der Waals surface area contributed by atoms with Crippen LogP contribution in [0.25, 0.3) is 33.8 Å². The Labute approximate surface area is 168 Å². The maximum absolute atomic E-state index is 9.31. The van der Waals surface area contributed by atoms with Crippen LogP contribution in [0, 0.1) is 6.92 Å². The maximum Gasteiger partial charge on any atom is 0.196 e. The van der Waals surface area contributed by atoms with Crippen LogP contribution in [0.5, 0.6) is 5.75 Å². The molecule has 146 valence electrons. The molecule has 0 spiro atoms. The van der Waals surface area contributed by atoms with Gasteiger partial charge in [-0.05, 0) is 19.1 Å². The standard InChI is InChI=1S/C23H21N3O3/c1-14-6-8-15(9-7-14)22-25-19-17(23(26-22)24-11-12-27)10-13-28-20-16-4-2-3-5-18(16)29-21(19)20/h2-9,27H,10-13H2,1H3,(H,24,25,26). The average molecular weight is 387 g/mol. The molecular formula is C23H21N3O3. The van der Waals surface area contributed by atoms with E-state index in [4.69, 9.17) is 19.1 Å². The van der Waals surface area contributed by atoms with E-state index in [0.717, 1.165) is 33.5 Å². The number of aryl methyl sites for hydroxylation is 1. The molecule has 0 atom stereocenters. The fraction of sp³-hybridized carbons (Fsp3) is 0.217. The van der Waals surface area contributed by atoms with Gasteiger partial charge in [-0.1, -0.05) is 42.0 Å². The molecule has 1 aliphatic rings. The van der Waals surface area contributed by atoms with E-state index in [1.807, 2.05) is 55.5 Å². The first kappa shape index (κ1) is 17.7. The minimum Gasteiger partial charge on any atom is -0.488 e. The van der Waals surface area contributed by atoms with E-state index in [-0.39, 0.29) is 6.61 Å². The molecule has 6 heteroatoms. The third-order valence-electron chi connectivity index (χ3n) is 5.08. The van der Waals surface area contributed by atoms with Crippen molar-refractivity contribution in [3.8, 4) is 28.6 Å². The van der Waals surface area contributed by atoms with Crippen LogP contribution in [0.15, 0.2) is 52.9 Å². The number of anilines is 1. The van der Waals surface area contributed by atoms with Crippen molar-refractivity contribution in [2.75, 3.05) is 25.1 Å². The number of nitrogens with one attached hydrogen (secondary N) is 1. The van der Waals surface area contributed by atoms with E-state index < -0.39 is 0 Å². The van der Waals surface area contributed by atoms with Gasteiger partial charge in [0, 0.05) is 24.1 Å². The van der Waals surface area contributed by atoms with Gasteiger partial charge in [0.25, 0.3) is 0 Å². The van der Waals surface area contributed by atoms with Gasteiger partial charge in [0.1, 0.15) is 17.1 Å². The summed E-state index contributed by atoms with van der Waals surface area (Å²) in [7, 11) is 0. The molecule has 2 aromatic heterocycles. The molecule has 0 fully saturated rings. The largest absolute Gasteiger partial charge is 0.488 e. The Morgan fingerprint density at radius 3 is 2.72 bits per heavy atom. The predicted molar refractivity (Wildman–Crippen MR) is 112 cm³/mol. The molecule has 0 radical (unpaired) electrons. The smallest absolute Gasteiger partial charge is 0.196 e. The van der Waals surface area contributed by atoms with Crippen LogP contribution in [-0.2, 0) is 6.42 Å². The van der Waals surface area contributed by atoms with Crippen LogP contribution in [0.4, 0.5) is 5.82 Å². The van der Waals surface area contributed by atoms with Crippen molar-refractivity contribution >= 4 is 16.8 Å². The lowest BCUT2D eigenvalue weighted by Crippen LogP contribution is -2.12. The van der Waals surface area contributed by atoms with Gasteiger partial charge in [-0.2, -0.15) is 0 Å². The normalized spacial score (nSPS) is 12.8. The van der Waals surface area contributed by atoms with Gasteiger partial charge in [0.2, 0.25) is 0 Å². The first-order valence-electron chi connectivity index (χ1n) is 9.72. The second kappa shape index (κ2) is 7.22. The summed E-state index contributed by atoms with van der Waals surface area (Å²) in [6, 6.07) is 16.0. The summed E-state index contributed by atoms with van der Waals surface area (Å²) in [5.74, 6) is 2.66. The highest BCUT2D eigenvalue weighted by Crippen LogP contribution is 2.43. The molecular weight excluding hydrogens is 366 g/mol. The number of furan rings is 1. The lowest BCUT2D eigenvalue weighted by Gasteiger charge is -2.14. The summed E-state index contributed by atoms with van der Waals surface area (Å²) in [4.78, 5) is 9.65. The van der Waals surface area contributed by atoms with Crippen molar-refractivity contribution < 1.29 is 14.3 Å². The van der Waals surface area contributed by atoms with Crippen LogP contribution < -0.4 is 10.1 Å². The molecule has 0 saturated carbocycles. The van der Waals surface area contributed by atoms with E-state index in [9.17, 15) is 5.11 Å². The molecule has 6 nitrogen and oxygen atoms in total. The molecule has 2 aromatic carbocycles. The molecule has 1 aliphatic heterocycles. The fourth-order valence-electron chi connectivity index (χ4n) is 3.64. The number of aromatic nitrogens is 2. The zero-order chi connectivity index (χ0) is 19.8. The number of fused-ring (bicyclic) bond motifs is 5. The van der Waals surface area contributed by atoms with E-state index >= 15 is 0 Å². The van der Waals surface area contributed by atoms with Crippen molar-refractivity contribution in [3.63, 3.8) is 0 Å². The van der Waals surface area contributed by atoms with Gasteiger partial charge in [-0.3, -0.25) is 0 Å². The highest BCUT2D eigenvalue weighted by molar-refractivity contribution is 5.92. The van der Waals surface area contributed by atoms with Crippen molar-refractivity contribution in [1.82, 2.24) is 9.97 Å². The molecule has 0 bridgehead atoms. The van der Waals surface area contributed by atoms with E-state index in [2.05, 4.69) is 5.32 Å². The van der Waals surface area contributed by atoms with Crippen LogP contribution in [0.3, 0.4) is 0 Å². The highest BCUT2D eigenvalue weighted by atomic mass is 16.5. The molecule has 0 aliphatic carbocycles. The average Bonchev–Trinajstić information content (AvgIpc) is 3.01. The number of benzene rings is 2. The summed E-state index contributed by atoms with van der Waals surface area (Å²) in [5.41, 5.74) is 4.54. The van der Waals surface area contributed by atoms with Crippen LogP contribution in [-0.4, -0.2) is 34.8 Å². The first-order valence-corrected chi connectivity index (χ1v) is 9.72. The summed E-state index contributed by atoms with van der Waals surface area (Å²) in [6.07, 6.45) is 0.649. The number of hydrogen-bond donors (Lipinski definition) is 2. The number of aliphatic hydroxyl groups is 1. The topological polar surface area (TPSA) is 80.4 Å². The fourth-order valence-corrected chi connectivity index (χ4v) is 3.64. The van der Waals surface area contributed by atoms with Gasteiger partial charge < -0.3 is 19.6 Å². The maximum atomic E-state index is 9.31. The number of aliphatic hydroxyl groups excluding tert-OH is 1. The number of rotatable bonds is 4. The monoisotopic (exact) mass is 387 g/mol. The minimum absolute atomic E-state index is 0.0189. The van der Waals surface area contributed by atoms with Gasteiger partial charge >= 0.3 is 0 Å². The zero-order valence-electron chi connectivity index (χ0n) is 16.1. The predicted octanol–water partition coefficient (Wildman–Crippen LogP) is 4.20. The minimum atomic E-state index is 0.0189. The SMILES string of the molecule is Cc1ccc(-c2nc(NCCO)c3c(n2)-c2oc4ccccc4c2OCC3)cc1. The molecule has 0 amide bonds. The van der Waals surface area contributed by atoms with Crippen molar-refractivity contribution in [1.29, 1.82) is 0 Å². The molecule has 29 heavy (non-hydrogen) atoms. The number of nitrogens with zero attached hydrogens (tertiary/aromatic N) is 2. The van der Waals surface area contributed by atoms with E-state index in [0.29, 0.717) is 37.0 Å². The second-order valence-corrected chi connectivity index (χ2v) is 7.09. The van der Waals surface area contributed by atoms with Crippen LogP contribution in [0.1, 0.15) is 11.1 Å². The van der Waals surface area contributed by atoms with Gasteiger partial charge in [-0.25, -0.2) is 9.97 Å². The van der Waals surface area contributed by atoms with Gasteiger partial charge in [-0.15, -0.1) is 0 Å². The highest BCUT2D eigenvalue weighted by Gasteiger charge is 2.27. The Morgan fingerprint density at radius 2 is 1.90 bits per heavy atom. The third kappa shape index (κ3) is 3.11. The summed E-state index contributed by atoms with van der Waals surface area (Å²) >= 11 is 0. The van der Waals surface area contributed by atoms with Crippen molar-refractivity contribution in [2.24, 2.45) is 0 Å². The van der Waals surface area contributed by atoms with Gasteiger partial charge in [0.15, 0.2) is 17.3 Å². The quantitative estimate of drug-likeness (QED) is 0.546.